The predicted octanol–water partition coefficient (Wildman–Crippen LogP) is 0.775. The van der Waals surface area contributed by atoms with Crippen molar-refractivity contribution >= 4 is 12.3 Å². The van der Waals surface area contributed by atoms with Crippen LogP contribution in [0.15, 0.2) is 12.1 Å². The summed E-state index contributed by atoms with van der Waals surface area (Å²) in [6.45, 7) is 0. The highest BCUT2D eigenvalue weighted by Crippen LogP contribution is 2.23. The molecule has 0 aliphatic heterocycles. The summed E-state index contributed by atoms with van der Waals surface area (Å²) in [6.07, 6.45) is 0.208. The number of hydrogen-bond acceptors (Lipinski definition) is 4. The minimum atomic E-state index is -1.33. The van der Waals surface area contributed by atoms with Crippen LogP contribution >= 0.6 is 0 Å². The molecule has 0 heterocycles. The molecule has 0 spiro atoms. The number of carboxylic acid groups (broad SMARTS) is 1. The highest BCUT2D eigenvalue weighted by Gasteiger charge is 2.16. The summed E-state index contributed by atoms with van der Waals surface area (Å²) >= 11 is 0. The summed E-state index contributed by atoms with van der Waals surface area (Å²) in [6, 6.07) is 3.88. The fraction of sp³-hybridized carbons (Fsp3) is 0. The van der Waals surface area contributed by atoms with E-state index in [4.69, 9.17) is 10.4 Å². The van der Waals surface area contributed by atoms with Crippen molar-refractivity contribution < 1.29 is 19.8 Å². The topological polar surface area (TPSA) is 98.4 Å². The highest BCUT2D eigenvalue weighted by molar-refractivity contribution is 5.99. The van der Waals surface area contributed by atoms with Crippen molar-refractivity contribution in [3.8, 4) is 11.8 Å². The number of benzene rings is 1. The van der Waals surface area contributed by atoms with Gasteiger partial charge in [0.25, 0.3) is 0 Å². The van der Waals surface area contributed by atoms with E-state index < -0.39 is 11.7 Å². The molecule has 0 amide bonds. The van der Waals surface area contributed by atoms with E-state index in [0.29, 0.717) is 0 Å². The van der Waals surface area contributed by atoms with Gasteiger partial charge < -0.3 is 10.2 Å². The molecule has 0 bridgehead atoms. The van der Waals surface area contributed by atoms with Crippen LogP contribution in [0.3, 0.4) is 0 Å². The van der Waals surface area contributed by atoms with Crippen LogP contribution in [0.5, 0.6) is 5.75 Å². The SMILES string of the molecule is N#Cc1ccc(C(=O)O)c(C=O)c1O. The van der Waals surface area contributed by atoms with Gasteiger partial charge in [-0.15, -0.1) is 0 Å². The second kappa shape index (κ2) is 3.58. The predicted molar refractivity (Wildman–Crippen MR) is 45.2 cm³/mol. The summed E-state index contributed by atoms with van der Waals surface area (Å²) in [4.78, 5) is 21.1. The van der Waals surface area contributed by atoms with Crippen LogP contribution < -0.4 is 0 Å². The molecule has 5 nitrogen and oxygen atoms in total. The lowest BCUT2D eigenvalue weighted by Gasteiger charge is -2.02. The lowest BCUT2D eigenvalue weighted by Crippen LogP contribution is -2.02. The van der Waals surface area contributed by atoms with E-state index >= 15 is 0 Å². The third-order valence-electron chi connectivity index (χ3n) is 1.69. The molecule has 0 radical (unpaired) electrons. The van der Waals surface area contributed by atoms with Crippen molar-refractivity contribution in [2.24, 2.45) is 0 Å². The molecule has 0 aromatic heterocycles. The van der Waals surface area contributed by atoms with Gasteiger partial charge in [0.2, 0.25) is 0 Å². The Kier molecular flexibility index (Phi) is 2.49. The largest absolute Gasteiger partial charge is 0.506 e. The number of hydrogen-bond donors (Lipinski definition) is 2. The Bertz CT molecular complexity index is 445. The highest BCUT2D eigenvalue weighted by atomic mass is 16.4. The monoisotopic (exact) mass is 191 g/mol. The third kappa shape index (κ3) is 1.41. The van der Waals surface area contributed by atoms with Gasteiger partial charge in [-0.05, 0) is 12.1 Å². The van der Waals surface area contributed by atoms with Crippen molar-refractivity contribution in [2.45, 2.75) is 0 Å². The van der Waals surface area contributed by atoms with Crippen molar-refractivity contribution in [3.05, 3.63) is 28.8 Å². The zero-order valence-electron chi connectivity index (χ0n) is 6.89. The lowest BCUT2D eigenvalue weighted by atomic mass is 10.0. The molecule has 1 aromatic rings. The third-order valence-corrected chi connectivity index (χ3v) is 1.69. The van der Waals surface area contributed by atoms with Gasteiger partial charge in [-0.1, -0.05) is 0 Å². The number of carbonyl (C=O) groups is 2. The zero-order chi connectivity index (χ0) is 10.7. The second-order valence-corrected chi connectivity index (χ2v) is 2.46. The zero-order valence-corrected chi connectivity index (χ0v) is 6.89. The van der Waals surface area contributed by atoms with Crippen molar-refractivity contribution in [1.82, 2.24) is 0 Å². The van der Waals surface area contributed by atoms with Crippen LogP contribution in [0, 0.1) is 11.3 Å². The summed E-state index contributed by atoms with van der Waals surface area (Å²) in [5.74, 6) is -1.92. The molecule has 2 N–H and O–H groups in total. The Morgan fingerprint density at radius 1 is 1.50 bits per heavy atom. The minimum absolute atomic E-state index is 0.128. The van der Waals surface area contributed by atoms with E-state index in [9.17, 15) is 14.7 Å². The maximum atomic E-state index is 10.6. The molecule has 1 aromatic carbocycles. The second-order valence-electron chi connectivity index (χ2n) is 2.46. The number of aromatic carboxylic acids is 1. The first kappa shape index (κ1) is 9.74. The Morgan fingerprint density at radius 2 is 2.14 bits per heavy atom. The summed E-state index contributed by atoms with van der Waals surface area (Å²) in [5, 5.41) is 26.4. The quantitative estimate of drug-likeness (QED) is 0.673. The van der Waals surface area contributed by atoms with E-state index in [1.54, 1.807) is 6.07 Å². The first-order valence-electron chi connectivity index (χ1n) is 3.56. The first-order chi connectivity index (χ1) is 6.61. The van der Waals surface area contributed by atoms with E-state index in [-0.39, 0.29) is 23.0 Å². The molecule has 70 valence electrons. The standard InChI is InChI=1S/C9H5NO4/c10-3-5-1-2-6(9(13)14)7(4-11)8(5)12/h1-2,4,12H,(H,13,14). The maximum Gasteiger partial charge on any atom is 0.336 e. The fourth-order valence-electron chi connectivity index (χ4n) is 1.00. The van der Waals surface area contributed by atoms with Crippen LogP contribution in [-0.2, 0) is 0 Å². The van der Waals surface area contributed by atoms with Gasteiger partial charge in [0.15, 0.2) is 6.29 Å². The smallest absolute Gasteiger partial charge is 0.336 e. The molecular weight excluding hydrogens is 186 g/mol. The molecule has 0 fully saturated rings. The van der Waals surface area contributed by atoms with Gasteiger partial charge in [-0.2, -0.15) is 5.26 Å². The number of nitriles is 1. The number of aldehydes is 1. The molecule has 0 unspecified atom stereocenters. The van der Waals surface area contributed by atoms with Gasteiger partial charge in [-0.25, -0.2) is 4.79 Å². The van der Waals surface area contributed by atoms with Crippen molar-refractivity contribution in [3.63, 3.8) is 0 Å². The number of nitrogens with zero attached hydrogens (tertiary/aromatic N) is 1. The normalized spacial score (nSPS) is 9.07. The van der Waals surface area contributed by atoms with Gasteiger partial charge in [0, 0.05) is 0 Å². The first-order valence-corrected chi connectivity index (χ1v) is 3.56. The van der Waals surface area contributed by atoms with Crippen LogP contribution in [0.2, 0.25) is 0 Å². The minimum Gasteiger partial charge on any atom is -0.506 e. The number of rotatable bonds is 2. The van der Waals surface area contributed by atoms with Crippen LogP contribution in [0.25, 0.3) is 0 Å². The van der Waals surface area contributed by atoms with Crippen LogP contribution in [0.4, 0.5) is 0 Å². The molecule has 0 saturated heterocycles. The fourth-order valence-corrected chi connectivity index (χ4v) is 1.00. The van der Waals surface area contributed by atoms with Gasteiger partial charge in [-0.3, -0.25) is 4.79 Å². The number of aromatic hydroxyl groups is 1. The molecule has 0 aliphatic carbocycles. The average molecular weight is 191 g/mol. The Balaban J connectivity index is 3.53. The molecule has 1 rings (SSSR count). The number of carboxylic acids is 1. The lowest BCUT2D eigenvalue weighted by molar-refractivity contribution is 0.0693. The number of phenols is 1. The number of phenolic OH excluding ortho intramolecular Hbond substituents is 1. The Labute approximate surface area is 78.8 Å². The molecule has 0 atom stereocenters. The molecule has 0 aliphatic rings. The van der Waals surface area contributed by atoms with Gasteiger partial charge in [0.1, 0.15) is 11.8 Å². The Hall–Kier alpha value is -2.35. The van der Waals surface area contributed by atoms with Crippen LogP contribution in [-0.4, -0.2) is 22.5 Å². The van der Waals surface area contributed by atoms with Gasteiger partial charge >= 0.3 is 5.97 Å². The van der Waals surface area contributed by atoms with E-state index in [0.717, 1.165) is 12.1 Å². The van der Waals surface area contributed by atoms with E-state index in [1.165, 1.54) is 0 Å². The summed E-state index contributed by atoms with van der Waals surface area (Å²) in [7, 11) is 0. The van der Waals surface area contributed by atoms with E-state index in [2.05, 4.69) is 0 Å². The average Bonchev–Trinajstić information content (AvgIpc) is 2.17. The van der Waals surface area contributed by atoms with Crippen molar-refractivity contribution in [2.75, 3.05) is 0 Å². The Morgan fingerprint density at radius 3 is 2.57 bits per heavy atom. The number of carbonyl (C=O) groups excluding carboxylic acids is 1. The van der Waals surface area contributed by atoms with E-state index in [1.807, 2.05) is 0 Å². The molecule has 5 heteroatoms. The molecular formula is C9H5NO4. The van der Waals surface area contributed by atoms with Crippen LogP contribution in [0.1, 0.15) is 26.3 Å². The van der Waals surface area contributed by atoms with Gasteiger partial charge in [0.05, 0.1) is 16.7 Å². The summed E-state index contributed by atoms with van der Waals surface area (Å²) < 4.78 is 0. The maximum absolute atomic E-state index is 10.6. The van der Waals surface area contributed by atoms with Crippen molar-refractivity contribution in [1.29, 1.82) is 5.26 Å². The summed E-state index contributed by atoms with van der Waals surface area (Å²) in [5.41, 5.74) is -0.829. The molecule has 0 saturated carbocycles. The molecule has 14 heavy (non-hydrogen) atoms.